The Hall–Kier alpha value is -4.21. The molecule has 1 atom stereocenters. The molecule has 0 aliphatic carbocycles. The predicted octanol–water partition coefficient (Wildman–Crippen LogP) is 7.98. The molecule has 248 valence electrons. The first kappa shape index (κ1) is 34.1. The van der Waals surface area contributed by atoms with E-state index in [0.717, 1.165) is 44.0 Å². The van der Waals surface area contributed by atoms with Gasteiger partial charge >= 0.3 is 12.1 Å². The van der Waals surface area contributed by atoms with Crippen LogP contribution in [0.3, 0.4) is 0 Å². The molecule has 2 aliphatic heterocycles. The average molecular weight is 656 g/mol. The Kier molecular flexibility index (Phi) is 10.7. The molecule has 1 N–H and O–H groups in total. The molecule has 2 aliphatic rings. The zero-order chi connectivity index (χ0) is 33.7. The summed E-state index contributed by atoms with van der Waals surface area (Å²) >= 11 is 1.55. The number of benzene rings is 3. The van der Waals surface area contributed by atoms with Gasteiger partial charge in [0.15, 0.2) is 0 Å². The summed E-state index contributed by atoms with van der Waals surface area (Å²) in [6.45, 7) is 10.1. The molecule has 3 aromatic carbocycles. The minimum Gasteiger partial charge on any atom is -0.496 e. The van der Waals surface area contributed by atoms with Crippen molar-refractivity contribution in [1.82, 2.24) is 9.80 Å². The highest BCUT2D eigenvalue weighted by atomic mass is 32.2. The van der Waals surface area contributed by atoms with E-state index in [-0.39, 0.29) is 23.4 Å². The van der Waals surface area contributed by atoms with Crippen molar-refractivity contribution in [1.29, 1.82) is 0 Å². The topological polar surface area (TPSA) is 80.3 Å². The van der Waals surface area contributed by atoms with Gasteiger partial charge in [0.05, 0.1) is 12.6 Å². The van der Waals surface area contributed by atoms with Crippen LogP contribution in [0.5, 0.6) is 11.5 Å². The lowest BCUT2D eigenvalue weighted by atomic mass is 9.85. The Morgan fingerprint density at radius 2 is 1.74 bits per heavy atom. The van der Waals surface area contributed by atoms with Gasteiger partial charge in [-0.2, -0.15) is 0 Å². The summed E-state index contributed by atoms with van der Waals surface area (Å²) in [5.74, 6) is 0.702. The number of nitrogens with one attached hydrogen (secondary N) is 1. The number of likely N-dealkylation sites (N-methyl/N-ethyl adjacent to an activating group) is 1. The van der Waals surface area contributed by atoms with Crippen LogP contribution < -0.4 is 14.8 Å². The summed E-state index contributed by atoms with van der Waals surface area (Å²) in [4.78, 5) is 31.4. The number of ether oxygens (including phenoxy) is 3. The molecule has 0 saturated heterocycles. The molecule has 0 saturated carbocycles. The lowest BCUT2D eigenvalue weighted by Gasteiger charge is -2.33. The van der Waals surface area contributed by atoms with Crippen molar-refractivity contribution in [3.8, 4) is 22.6 Å². The predicted molar refractivity (Wildman–Crippen MR) is 191 cm³/mol. The second kappa shape index (κ2) is 14.7. The molecule has 1 unspecified atom stereocenters. The van der Waals surface area contributed by atoms with Gasteiger partial charge in [0.1, 0.15) is 23.4 Å². The number of fused-ring (bicyclic) bond motifs is 1. The van der Waals surface area contributed by atoms with Gasteiger partial charge in [-0.15, -0.1) is 11.8 Å². The maximum atomic E-state index is 13.4. The number of esters is 1. The number of amides is 1. The van der Waals surface area contributed by atoms with Crippen molar-refractivity contribution >= 4 is 35.1 Å². The quantitative estimate of drug-likeness (QED) is 0.208. The van der Waals surface area contributed by atoms with Gasteiger partial charge in [-0.1, -0.05) is 48.6 Å². The van der Waals surface area contributed by atoms with Crippen molar-refractivity contribution in [3.05, 3.63) is 94.4 Å². The molecule has 0 aromatic heterocycles. The van der Waals surface area contributed by atoms with E-state index >= 15 is 0 Å². The molecule has 3 aromatic rings. The molecule has 0 radical (unpaired) electrons. The number of carbonyl (C=O) groups is 2. The van der Waals surface area contributed by atoms with Crippen molar-refractivity contribution in [2.45, 2.75) is 58.1 Å². The Morgan fingerprint density at radius 1 is 1.00 bits per heavy atom. The molecule has 9 heteroatoms. The first-order chi connectivity index (χ1) is 22.4. The molecule has 47 heavy (non-hydrogen) atoms. The highest BCUT2D eigenvalue weighted by Gasteiger charge is 2.29. The number of anilines is 1. The Labute approximate surface area is 282 Å². The number of carbonyl (C=O) groups excluding carboxylic acids is 2. The SMILES string of the molecule is COc1cc(OC(=O)N(CCN(C)C)Cc2ccccc2)ccc1-c1ccc2c(c1COC(=O)C1CC=C(C)S1)C(C)=CC(C)(C)N2. The number of thioether (sulfide) groups is 1. The number of rotatable bonds is 11. The molecular formula is C38H45N3O5S. The van der Waals surface area contributed by atoms with Crippen LogP contribution in [0.2, 0.25) is 0 Å². The lowest BCUT2D eigenvalue weighted by Crippen LogP contribution is -2.38. The molecule has 0 bridgehead atoms. The van der Waals surface area contributed by atoms with E-state index in [1.165, 1.54) is 0 Å². The van der Waals surface area contributed by atoms with Gasteiger partial charge in [0.2, 0.25) is 0 Å². The highest BCUT2D eigenvalue weighted by Crippen LogP contribution is 2.44. The standard InChI is InChI=1S/C38H45N3O5S/c1-25-22-38(3,4)39-32-17-16-29(31(35(25)32)24-45-36(42)34-18-13-26(2)47-34)30-15-14-28(21-33(30)44-7)46-37(43)41(20-19-40(5)6)23-27-11-9-8-10-12-27/h8-17,21-22,34,39H,18-20,23-24H2,1-7H3. The van der Waals surface area contributed by atoms with Gasteiger partial charge in [0, 0.05) is 48.1 Å². The van der Waals surface area contributed by atoms with Crippen LogP contribution in [0.25, 0.3) is 16.7 Å². The largest absolute Gasteiger partial charge is 0.496 e. The summed E-state index contributed by atoms with van der Waals surface area (Å²) in [5, 5.41) is 3.39. The number of methoxy groups -OCH3 is 1. The van der Waals surface area contributed by atoms with E-state index in [1.807, 2.05) is 68.4 Å². The lowest BCUT2D eigenvalue weighted by molar-refractivity contribution is -0.144. The summed E-state index contributed by atoms with van der Waals surface area (Å²) in [7, 11) is 5.56. The van der Waals surface area contributed by atoms with Gasteiger partial charge in [-0.25, -0.2) is 4.79 Å². The van der Waals surface area contributed by atoms with Crippen molar-refractivity contribution in [3.63, 3.8) is 0 Å². The molecule has 0 spiro atoms. The zero-order valence-corrected chi connectivity index (χ0v) is 29.2. The van der Waals surface area contributed by atoms with Crippen molar-refractivity contribution in [2.24, 2.45) is 0 Å². The Morgan fingerprint density at radius 3 is 2.43 bits per heavy atom. The molecule has 5 rings (SSSR count). The maximum absolute atomic E-state index is 13.4. The third-order valence-corrected chi connectivity index (χ3v) is 9.48. The van der Waals surface area contributed by atoms with E-state index in [0.29, 0.717) is 37.6 Å². The molecule has 8 nitrogen and oxygen atoms in total. The van der Waals surface area contributed by atoms with Gasteiger partial charge in [0.25, 0.3) is 0 Å². The third-order valence-electron chi connectivity index (χ3n) is 8.27. The minimum atomic E-state index is -0.434. The Balaban J connectivity index is 1.44. The monoisotopic (exact) mass is 655 g/mol. The molecule has 0 fully saturated rings. The van der Waals surface area contributed by atoms with E-state index in [9.17, 15) is 9.59 Å². The van der Waals surface area contributed by atoms with E-state index in [2.05, 4.69) is 44.3 Å². The molecule has 2 heterocycles. The summed E-state index contributed by atoms with van der Waals surface area (Å²) in [5.41, 5.74) is 6.48. The average Bonchev–Trinajstić information content (AvgIpc) is 3.47. The van der Waals surface area contributed by atoms with E-state index in [4.69, 9.17) is 14.2 Å². The minimum absolute atomic E-state index is 0.112. The number of nitrogens with zero attached hydrogens (tertiary/aromatic N) is 2. The molecule has 1 amide bonds. The maximum Gasteiger partial charge on any atom is 0.415 e. The fraction of sp³-hybridized carbons (Fsp3) is 0.368. The fourth-order valence-electron chi connectivity index (χ4n) is 6.06. The first-order valence-electron chi connectivity index (χ1n) is 15.9. The summed E-state index contributed by atoms with van der Waals surface area (Å²) in [6.07, 6.45) is 4.52. The number of hydrogen-bond acceptors (Lipinski definition) is 8. The van der Waals surface area contributed by atoms with Crippen LogP contribution in [0.4, 0.5) is 10.5 Å². The van der Waals surface area contributed by atoms with E-state index in [1.54, 1.807) is 35.9 Å². The smallest absolute Gasteiger partial charge is 0.415 e. The van der Waals surface area contributed by atoms with Crippen LogP contribution in [0.15, 0.2) is 77.7 Å². The normalized spacial score (nSPS) is 16.5. The number of hydrogen-bond donors (Lipinski definition) is 1. The van der Waals surface area contributed by atoms with Gasteiger partial charge in [-0.3, -0.25) is 4.79 Å². The third kappa shape index (κ3) is 8.39. The van der Waals surface area contributed by atoms with Crippen LogP contribution in [-0.4, -0.2) is 66.9 Å². The fourth-order valence-corrected chi connectivity index (χ4v) is 7.06. The highest BCUT2D eigenvalue weighted by molar-refractivity contribution is 8.04. The van der Waals surface area contributed by atoms with Gasteiger partial charge < -0.3 is 29.3 Å². The van der Waals surface area contributed by atoms with Crippen molar-refractivity contribution < 1.29 is 23.8 Å². The van der Waals surface area contributed by atoms with Crippen LogP contribution in [-0.2, 0) is 22.7 Å². The van der Waals surface area contributed by atoms with Gasteiger partial charge in [-0.05, 0) is 88.0 Å². The van der Waals surface area contributed by atoms with E-state index < -0.39 is 6.09 Å². The van der Waals surface area contributed by atoms with Crippen molar-refractivity contribution in [2.75, 3.05) is 39.6 Å². The zero-order valence-electron chi connectivity index (χ0n) is 28.4. The van der Waals surface area contributed by atoms with Crippen LogP contribution in [0.1, 0.15) is 50.8 Å². The second-order valence-corrected chi connectivity index (χ2v) is 14.3. The second-order valence-electron chi connectivity index (χ2n) is 12.9. The molecular weight excluding hydrogens is 611 g/mol. The number of allylic oxidation sites excluding steroid dienone is 3. The Bertz CT molecular complexity index is 1680. The first-order valence-corrected chi connectivity index (χ1v) is 16.8. The van der Waals surface area contributed by atoms with Crippen LogP contribution in [0, 0.1) is 0 Å². The summed E-state index contributed by atoms with van der Waals surface area (Å²) in [6, 6.07) is 19.4. The summed E-state index contributed by atoms with van der Waals surface area (Å²) < 4.78 is 17.8. The van der Waals surface area contributed by atoms with Crippen LogP contribution >= 0.6 is 11.8 Å².